The van der Waals surface area contributed by atoms with Crippen molar-refractivity contribution in [3.63, 3.8) is 0 Å². The highest BCUT2D eigenvalue weighted by Crippen LogP contribution is 2.28. The van der Waals surface area contributed by atoms with Gasteiger partial charge < -0.3 is 9.84 Å². The zero-order valence-corrected chi connectivity index (χ0v) is 12.2. The SMILES string of the molecule is COCCN(Cc1cccc(Br)c1O)C(C)C. The lowest BCUT2D eigenvalue weighted by atomic mass is 10.1. The minimum absolute atomic E-state index is 0.329. The molecule has 17 heavy (non-hydrogen) atoms. The van der Waals surface area contributed by atoms with Crippen molar-refractivity contribution < 1.29 is 9.84 Å². The highest BCUT2D eigenvalue weighted by atomic mass is 79.9. The number of phenolic OH excluding ortho intramolecular Hbond substituents is 1. The highest BCUT2D eigenvalue weighted by molar-refractivity contribution is 9.10. The molecule has 1 rings (SSSR count). The molecule has 1 aromatic carbocycles. The molecular formula is C13H20BrNO2. The molecule has 0 aliphatic rings. The lowest BCUT2D eigenvalue weighted by Gasteiger charge is -2.26. The average Bonchev–Trinajstić information content (AvgIpc) is 2.29. The number of nitrogens with zero attached hydrogens (tertiary/aromatic N) is 1. The van der Waals surface area contributed by atoms with Crippen molar-refractivity contribution in [3.8, 4) is 5.75 Å². The number of rotatable bonds is 6. The Bertz CT molecular complexity index is 355. The van der Waals surface area contributed by atoms with Gasteiger partial charge in [-0.1, -0.05) is 12.1 Å². The number of phenols is 1. The van der Waals surface area contributed by atoms with E-state index in [2.05, 4.69) is 34.7 Å². The van der Waals surface area contributed by atoms with E-state index in [0.717, 1.165) is 23.1 Å². The van der Waals surface area contributed by atoms with E-state index in [0.29, 0.717) is 18.4 Å². The minimum Gasteiger partial charge on any atom is -0.506 e. The summed E-state index contributed by atoms with van der Waals surface area (Å²) in [6, 6.07) is 6.15. The summed E-state index contributed by atoms with van der Waals surface area (Å²) in [5.41, 5.74) is 0.934. The van der Waals surface area contributed by atoms with E-state index in [-0.39, 0.29) is 0 Å². The van der Waals surface area contributed by atoms with Crippen molar-refractivity contribution in [1.82, 2.24) is 4.90 Å². The predicted molar refractivity (Wildman–Crippen MR) is 73.2 cm³/mol. The lowest BCUT2D eigenvalue weighted by molar-refractivity contribution is 0.124. The molecule has 4 heteroatoms. The molecule has 96 valence electrons. The number of halogens is 1. The van der Waals surface area contributed by atoms with Crippen LogP contribution in [-0.4, -0.2) is 36.3 Å². The molecule has 1 aromatic rings. The Morgan fingerprint density at radius 2 is 2.12 bits per heavy atom. The summed E-state index contributed by atoms with van der Waals surface area (Å²) in [5.74, 6) is 0.329. The van der Waals surface area contributed by atoms with Crippen molar-refractivity contribution in [1.29, 1.82) is 0 Å². The standard InChI is InChI=1S/C13H20BrNO2/c1-10(2)15(7-8-17-3)9-11-5-4-6-12(14)13(11)16/h4-6,10,16H,7-9H2,1-3H3. The molecule has 0 aromatic heterocycles. The fraction of sp³-hybridized carbons (Fsp3) is 0.538. The van der Waals surface area contributed by atoms with Crippen LogP contribution in [0.15, 0.2) is 22.7 Å². The van der Waals surface area contributed by atoms with Gasteiger partial charge in [-0.05, 0) is 35.8 Å². The Hall–Kier alpha value is -0.580. The van der Waals surface area contributed by atoms with Gasteiger partial charge in [0.05, 0.1) is 11.1 Å². The van der Waals surface area contributed by atoms with Gasteiger partial charge in [-0.3, -0.25) is 4.90 Å². The number of aromatic hydroxyl groups is 1. The maximum Gasteiger partial charge on any atom is 0.134 e. The lowest BCUT2D eigenvalue weighted by Crippen LogP contribution is -2.33. The molecule has 1 N–H and O–H groups in total. The van der Waals surface area contributed by atoms with Gasteiger partial charge in [-0.25, -0.2) is 0 Å². The second-order valence-corrected chi connectivity index (χ2v) is 5.16. The number of methoxy groups -OCH3 is 1. The first-order valence-electron chi connectivity index (χ1n) is 5.75. The molecule has 0 unspecified atom stereocenters. The molecular weight excluding hydrogens is 282 g/mol. The average molecular weight is 302 g/mol. The molecule has 0 saturated carbocycles. The van der Waals surface area contributed by atoms with Gasteiger partial charge >= 0.3 is 0 Å². The third kappa shape index (κ3) is 4.30. The van der Waals surface area contributed by atoms with Crippen LogP contribution in [0.1, 0.15) is 19.4 Å². The minimum atomic E-state index is 0.329. The van der Waals surface area contributed by atoms with Crippen molar-refractivity contribution in [2.75, 3.05) is 20.3 Å². The van der Waals surface area contributed by atoms with Gasteiger partial charge in [0, 0.05) is 31.8 Å². The van der Waals surface area contributed by atoms with Crippen LogP contribution < -0.4 is 0 Å². The fourth-order valence-electron chi connectivity index (χ4n) is 1.63. The second-order valence-electron chi connectivity index (χ2n) is 4.30. The van der Waals surface area contributed by atoms with E-state index in [9.17, 15) is 5.11 Å². The van der Waals surface area contributed by atoms with Crippen molar-refractivity contribution >= 4 is 15.9 Å². The molecule has 0 spiro atoms. The monoisotopic (exact) mass is 301 g/mol. The van der Waals surface area contributed by atoms with Crippen LogP contribution in [0, 0.1) is 0 Å². The van der Waals surface area contributed by atoms with Gasteiger partial charge in [0.2, 0.25) is 0 Å². The number of benzene rings is 1. The molecule has 0 bridgehead atoms. The maximum absolute atomic E-state index is 9.95. The summed E-state index contributed by atoms with van der Waals surface area (Å²) < 4.78 is 5.84. The van der Waals surface area contributed by atoms with E-state index < -0.39 is 0 Å². The van der Waals surface area contributed by atoms with Crippen LogP contribution in [0.5, 0.6) is 5.75 Å². The Kier molecular flexibility index (Phi) is 5.95. The first-order valence-corrected chi connectivity index (χ1v) is 6.55. The van der Waals surface area contributed by atoms with Crippen molar-refractivity contribution in [3.05, 3.63) is 28.2 Å². The normalized spacial score (nSPS) is 11.4. The van der Waals surface area contributed by atoms with Crippen LogP contribution in [0.4, 0.5) is 0 Å². The number of hydrogen-bond acceptors (Lipinski definition) is 3. The summed E-state index contributed by atoms with van der Waals surface area (Å²) in [6.45, 7) is 6.58. The van der Waals surface area contributed by atoms with Gasteiger partial charge in [-0.2, -0.15) is 0 Å². The summed E-state index contributed by atoms with van der Waals surface area (Å²) in [5, 5.41) is 9.95. The number of hydrogen-bond donors (Lipinski definition) is 1. The molecule has 0 fully saturated rings. The zero-order valence-electron chi connectivity index (χ0n) is 10.6. The number of para-hydroxylation sites is 1. The molecule has 0 saturated heterocycles. The van der Waals surface area contributed by atoms with Gasteiger partial charge in [-0.15, -0.1) is 0 Å². The summed E-state index contributed by atoms with van der Waals surface area (Å²) in [4.78, 5) is 2.27. The topological polar surface area (TPSA) is 32.7 Å². The Morgan fingerprint density at radius 1 is 1.41 bits per heavy atom. The Labute approximate surface area is 112 Å². The van der Waals surface area contributed by atoms with Crippen LogP contribution in [0.3, 0.4) is 0 Å². The molecule has 0 amide bonds. The van der Waals surface area contributed by atoms with Crippen LogP contribution in [-0.2, 0) is 11.3 Å². The van der Waals surface area contributed by atoms with E-state index >= 15 is 0 Å². The van der Waals surface area contributed by atoms with Crippen LogP contribution in [0.25, 0.3) is 0 Å². The third-order valence-corrected chi connectivity index (χ3v) is 3.40. The first kappa shape index (κ1) is 14.5. The molecule has 0 aliphatic carbocycles. The summed E-state index contributed by atoms with van der Waals surface area (Å²) >= 11 is 3.33. The Balaban J connectivity index is 2.75. The number of ether oxygens (including phenoxy) is 1. The van der Waals surface area contributed by atoms with E-state index in [1.54, 1.807) is 7.11 Å². The van der Waals surface area contributed by atoms with E-state index in [1.165, 1.54) is 0 Å². The predicted octanol–water partition coefficient (Wildman–Crippen LogP) is 3.01. The molecule has 0 radical (unpaired) electrons. The van der Waals surface area contributed by atoms with Crippen LogP contribution >= 0.6 is 15.9 Å². The van der Waals surface area contributed by atoms with Gasteiger partial charge in [0.25, 0.3) is 0 Å². The summed E-state index contributed by atoms with van der Waals surface area (Å²) in [7, 11) is 1.70. The van der Waals surface area contributed by atoms with Gasteiger partial charge in [0.15, 0.2) is 0 Å². The smallest absolute Gasteiger partial charge is 0.134 e. The maximum atomic E-state index is 9.95. The van der Waals surface area contributed by atoms with Crippen LogP contribution in [0.2, 0.25) is 0 Å². The van der Waals surface area contributed by atoms with E-state index in [4.69, 9.17) is 4.74 Å². The van der Waals surface area contributed by atoms with Gasteiger partial charge in [0.1, 0.15) is 5.75 Å². The largest absolute Gasteiger partial charge is 0.506 e. The first-order chi connectivity index (χ1) is 8.06. The Morgan fingerprint density at radius 3 is 2.71 bits per heavy atom. The molecule has 3 nitrogen and oxygen atoms in total. The molecule has 0 atom stereocenters. The quantitative estimate of drug-likeness (QED) is 0.877. The second kappa shape index (κ2) is 6.99. The highest BCUT2D eigenvalue weighted by Gasteiger charge is 2.13. The van der Waals surface area contributed by atoms with E-state index in [1.807, 2.05) is 18.2 Å². The molecule has 0 heterocycles. The third-order valence-electron chi connectivity index (χ3n) is 2.76. The zero-order chi connectivity index (χ0) is 12.8. The fourth-order valence-corrected chi connectivity index (χ4v) is 2.04. The molecule has 0 aliphatic heterocycles. The van der Waals surface area contributed by atoms with Crippen molar-refractivity contribution in [2.45, 2.75) is 26.4 Å². The van der Waals surface area contributed by atoms with Crippen molar-refractivity contribution in [2.24, 2.45) is 0 Å². The summed E-state index contributed by atoms with van der Waals surface area (Å²) in [6.07, 6.45) is 0.